The molecule has 2 N–H and O–H groups in total. The summed E-state index contributed by atoms with van der Waals surface area (Å²) in [5.41, 5.74) is 8.56. The quantitative estimate of drug-likeness (QED) is 0.852. The van der Waals surface area contributed by atoms with E-state index in [1.165, 1.54) is 11.1 Å². The molecule has 1 heterocycles. The van der Waals surface area contributed by atoms with Gasteiger partial charge in [0, 0.05) is 18.4 Å². The Bertz CT molecular complexity index is 446. The van der Waals surface area contributed by atoms with E-state index in [-0.39, 0.29) is 12.1 Å². The van der Waals surface area contributed by atoms with Gasteiger partial charge in [-0.05, 0) is 31.0 Å². The van der Waals surface area contributed by atoms with Crippen LogP contribution >= 0.6 is 0 Å². The molecule has 0 aliphatic carbocycles. The van der Waals surface area contributed by atoms with Crippen molar-refractivity contribution >= 4 is 0 Å². The Morgan fingerprint density at radius 3 is 2.56 bits per heavy atom. The van der Waals surface area contributed by atoms with Crippen LogP contribution in [0.4, 0.5) is 0 Å². The van der Waals surface area contributed by atoms with Gasteiger partial charge in [0.15, 0.2) is 0 Å². The van der Waals surface area contributed by atoms with Gasteiger partial charge in [-0.2, -0.15) is 5.10 Å². The van der Waals surface area contributed by atoms with Gasteiger partial charge < -0.3 is 5.73 Å². The van der Waals surface area contributed by atoms with Gasteiger partial charge in [0.1, 0.15) is 0 Å². The van der Waals surface area contributed by atoms with Crippen LogP contribution in [0.2, 0.25) is 0 Å². The highest BCUT2D eigenvalue weighted by Gasteiger charge is 2.19. The average Bonchev–Trinajstić information content (AvgIpc) is 2.74. The van der Waals surface area contributed by atoms with Crippen molar-refractivity contribution in [1.29, 1.82) is 0 Å². The monoisotopic (exact) mass is 215 g/mol. The fourth-order valence-electron chi connectivity index (χ4n) is 2.03. The van der Waals surface area contributed by atoms with Crippen molar-refractivity contribution in [2.75, 3.05) is 0 Å². The summed E-state index contributed by atoms with van der Waals surface area (Å²) < 4.78 is 1.92. The van der Waals surface area contributed by atoms with Crippen LogP contribution in [0.25, 0.3) is 0 Å². The maximum Gasteiger partial charge on any atom is 0.0919 e. The summed E-state index contributed by atoms with van der Waals surface area (Å²) in [5.74, 6) is 0. The molecule has 16 heavy (non-hydrogen) atoms. The molecule has 0 aliphatic rings. The molecule has 84 valence electrons. The van der Waals surface area contributed by atoms with Crippen molar-refractivity contribution in [3.05, 3.63) is 53.9 Å². The molecule has 0 bridgehead atoms. The molecular weight excluding hydrogens is 198 g/mol. The Kier molecular flexibility index (Phi) is 3.06. The number of hydrogen-bond donors (Lipinski definition) is 1. The maximum atomic E-state index is 6.07. The second-order valence-corrected chi connectivity index (χ2v) is 4.15. The van der Waals surface area contributed by atoms with Gasteiger partial charge >= 0.3 is 0 Å². The summed E-state index contributed by atoms with van der Waals surface area (Å²) in [6, 6.07) is 10.4. The Hall–Kier alpha value is -1.61. The first-order valence-corrected chi connectivity index (χ1v) is 5.50. The van der Waals surface area contributed by atoms with Crippen LogP contribution in [0, 0.1) is 6.92 Å². The lowest BCUT2D eigenvalue weighted by atomic mass is 9.97. The molecule has 2 aromatic rings. The fraction of sp³-hybridized carbons (Fsp3) is 0.308. The standard InChI is InChI=1S/C13H17N3/c1-10-6-3-4-7-12(10)13(11(2)14)16-9-5-8-15-16/h3-9,11,13H,14H2,1-2H3/t11-,13+/m0/s1. The van der Waals surface area contributed by atoms with E-state index in [0.717, 1.165) is 0 Å². The van der Waals surface area contributed by atoms with Crippen LogP contribution in [0.3, 0.4) is 0 Å². The van der Waals surface area contributed by atoms with E-state index in [4.69, 9.17) is 5.73 Å². The summed E-state index contributed by atoms with van der Waals surface area (Å²) in [4.78, 5) is 0. The first-order chi connectivity index (χ1) is 7.70. The predicted molar refractivity (Wildman–Crippen MR) is 65.2 cm³/mol. The molecule has 0 saturated heterocycles. The lowest BCUT2D eigenvalue weighted by Crippen LogP contribution is -2.31. The molecule has 3 heteroatoms. The summed E-state index contributed by atoms with van der Waals surface area (Å²) in [6.07, 6.45) is 3.74. The fourth-order valence-corrected chi connectivity index (χ4v) is 2.03. The summed E-state index contributed by atoms with van der Waals surface area (Å²) in [7, 11) is 0. The molecule has 1 aromatic carbocycles. The lowest BCUT2D eigenvalue weighted by Gasteiger charge is -2.23. The van der Waals surface area contributed by atoms with Crippen LogP contribution in [-0.2, 0) is 0 Å². The number of rotatable bonds is 3. The van der Waals surface area contributed by atoms with Crippen molar-refractivity contribution < 1.29 is 0 Å². The second-order valence-electron chi connectivity index (χ2n) is 4.15. The molecule has 2 atom stereocenters. The van der Waals surface area contributed by atoms with E-state index >= 15 is 0 Å². The highest BCUT2D eigenvalue weighted by atomic mass is 15.3. The number of nitrogens with zero attached hydrogens (tertiary/aromatic N) is 2. The van der Waals surface area contributed by atoms with E-state index in [0.29, 0.717) is 0 Å². The number of hydrogen-bond acceptors (Lipinski definition) is 2. The molecule has 3 nitrogen and oxygen atoms in total. The van der Waals surface area contributed by atoms with Crippen LogP contribution in [-0.4, -0.2) is 15.8 Å². The first kappa shape index (κ1) is 10.9. The third kappa shape index (κ3) is 1.99. The number of aromatic nitrogens is 2. The van der Waals surface area contributed by atoms with Crippen LogP contribution in [0.1, 0.15) is 24.1 Å². The summed E-state index contributed by atoms with van der Waals surface area (Å²) >= 11 is 0. The molecular formula is C13H17N3. The highest BCUT2D eigenvalue weighted by molar-refractivity contribution is 5.30. The smallest absolute Gasteiger partial charge is 0.0919 e. The van der Waals surface area contributed by atoms with Gasteiger partial charge in [0.2, 0.25) is 0 Å². The van der Waals surface area contributed by atoms with E-state index in [1.54, 1.807) is 6.20 Å². The molecule has 0 amide bonds. The van der Waals surface area contributed by atoms with Gasteiger partial charge in [-0.3, -0.25) is 4.68 Å². The summed E-state index contributed by atoms with van der Waals surface area (Å²) in [6.45, 7) is 4.12. The molecule has 0 radical (unpaired) electrons. The third-order valence-electron chi connectivity index (χ3n) is 2.82. The zero-order valence-corrected chi connectivity index (χ0v) is 9.67. The average molecular weight is 215 g/mol. The number of nitrogens with two attached hydrogens (primary N) is 1. The van der Waals surface area contributed by atoms with Gasteiger partial charge in [0.05, 0.1) is 6.04 Å². The zero-order chi connectivity index (χ0) is 11.5. The third-order valence-corrected chi connectivity index (χ3v) is 2.82. The van der Waals surface area contributed by atoms with Crippen molar-refractivity contribution in [3.63, 3.8) is 0 Å². The minimum absolute atomic E-state index is 0.0287. The van der Waals surface area contributed by atoms with Crippen molar-refractivity contribution in [1.82, 2.24) is 9.78 Å². The number of aryl methyl sites for hydroxylation is 1. The SMILES string of the molecule is Cc1ccccc1[C@@H]([C@H](C)N)n1cccn1. The Morgan fingerprint density at radius 2 is 2.00 bits per heavy atom. The van der Waals surface area contributed by atoms with Gasteiger partial charge in [0.25, 0.3) is 0 Å². The van der Waals surface area contributed by atoms with E-state index < -0.39 is 0 Å². The molecule has 0 fully saturated rings. The molecule has 0 unspecified atom stereocenters. The Morgan fingerprint density at radius 1 is 1.25 bits per heavy atom. The van der Waals surface area contributed by atoms with E-state index in [1.807, 2.05) is 36.0 Å². The van der Waals surface area contributed by atoms with Crippen LogP contribution in [0.15, 0.2) is 42.7 Å². The lowest BCUT2D eigenvalue weighted by molar-refractivity contribution is 0.452. The normalized spacial score (nSPS) is 14.7. The zero-order valence-electron chi connectivity index (χ0n) is 9.67. The first-order valence-electron chi connectivity index (χ1n) is 5.50. The highest BCUT2D eigenvalue weighted by Crippen LogP contribution is 2.23. The largest absolute Gasteiger partial charge is 0.326 e. The van der Waals surface area contributed by atoms with Gasteiger partial charge in [-0.15, -0.1) is 0 Å². The molecule has 2 rings (SSSR count). The predicted octanol–water partition coefficient (Wildman–Crippen LogP) is 2.13. The topological polar surface area (TPSA) is 43.8 Å². The van der Waals surface area contributed by atoms with Gasteiger partial charge in [-0.1, -0.05) is 24.3 Å². The minimum Gasteiger partial charge on any atom is -0.326 e. The molecule has 1 aromatic heterocycles. The molecule has 0 spiro atoms. The van der Waals surface area contributed by atoms with E-state index in [2.05, 4.69) is 24.2 Å². The number of benzene rings is 1. The van der Waals surface area contributed by atoms with E-state index in [9.17, 15) is 0 Å². The Labute approximate surface area is 95.9 Å². The Balaban J connectivity index is 2.45. The molecule has 0 saturated carbocycles. The maximum absolute atomic E-state index is 6.07. The van der Waals surface area contributed by atoms with Crippen LogP contribution in [0.5, 0.6) is 0 Å². The van der Waals surface area contributed by atoms with Crippen molar-refractivity contribution in [3.8, 4) is 0 Å². The van der Waals surface area contributed by atoms with Gasteiger partial charge in [-0.25, -0.2) is 0 Å². The van der Waals surface area contributed by atoms with Crippen molar-refractivity contribution in [2.45, 2.75) is 25.9 Å². The minimum atomic E-state index is 0.0287. The summed E-state index contributed by atoms with van der Waals surface area (Å²) in [5, 5.41) is 4.29. The van der Waals surface area contributed by atoms with Crippen LogP contribution < -0.4 is 5.73 Å². The second kappa shape index (κ2) is 4.49. The molecule has 0 aliphatic heterocycles. The van der Waals surface area contributed by atoms with Crippen molar-refractivity contribution in [2.24, 2.45) is 5.73 Å².